The fourth-order valence-electron chi connectivity index (χ4n) is 6.16. The fourth-order valence-corrected chi connectivity index (χ4v) is 6.16. The normalized spacial score (nSPS) is 12.5. The highest BCUT2D eigenvalue weighted by Gasteiger charge is 2.30. The van der Waals surface area contributed by atoms with E-state index in [4.69, 9.17) is 9.97 Å². The maximum absolute atomic E-state index is 12.8. The Labute approximate surface area is 256 Å². The van der Waals surface area contributed by atoms with E-state index in [-0.39, 0.29) is 28.3 Å². The van der Waals surface area contributed by atoms with Gasteiger partial charge in [-0.05, 0) is 72.0 Å². The van der Waals surface area contributed by atoms with Crippen LogP contribution in [0.4, 0.5) is 11.4 Å². The highest BCUT2D eigenvalue weighted by molar-refractivity contribution is 6.02. The van der Waals surface area contributed by atoms with Crippen LogP contribution in [0.5, 0.6) is 0 Å². The van der Waals surface area contributed by atoms with Gasteiger partial charge >= 0.3 is 11.4 Å². The first kappa shape index (κ1) is 27.7. The Bertz CT molecular complexity index is 2260. The summed E-state index contributed by atoms with van der Waals surface area (Å²) in [6.07, 6.45) is 3.87. The molecule has 2 N–H and O–H groups in total. The number of nitro groups is 2. The number of aromatic nitrogens is 4. The lowest BCUT2D eigenvalue weighted by molar-refractivity contribution is -0.383. The summed E-state index contributed by atoms with van der Waals surface area (Å²) in [5.41, 5.74) is 7.43. The maximum atomic E-state index is 12.8. The molecule has 2 aromatic carbocycles. The second kappa shape index (κ2) is 10.8. The lowest BCUT2D eigenvalue weighted by atomic mass is 9.96. The number of rotatable bonds is 5. The van der Waals surface area contributed by atoms with E-state index >= 15 is 0 Å². The van der Waals surface area contributed by atoms with E-state index in [9.17, 15) is 20.2 Å². The first-order chi connectivity index (χ1) is 21.9. The zero-order valence-electron chi connectivity index (χ0n) is 24.4. The Morgan fingerprint density at radius 3 is 1.69 bits per heavy atom. The monoisotopic (exact) mass is 594 g/mol. The molecule has 2 aliphatic heterocycles. The highest BCUT2D eigenvalue weighted by Crippen LogP contribution is 2.43. The number of H-pyrrole nitrogens is 2. The molecule has 0 saturated heterocycles. The largest absolute Gasteiger partial charge is 0.349 e. The molecule has 0 atom stereocenters. The summed E-state index contributed by atoms with van der Waals surface area (Å²) in [6, 6.07) is 25.9. The number of nitrogens with zero attached hydrogens (tertiary/aromatic N) is 4. The van der Waals surface area contributed by atoms with Crippen molar-refractivity contribution in [2.45, 2.75) is 20.3 Å². The van der Waals surface area contributed by atoms with Crippen LogP contribution in [0.1, 0.15) is 43.0 Å². The second-order valence-corrected chi connectivity index (χ2v) is 10.7. The van der Waals surface area contributed by atoms with Gasteiger partial charge in [0.15, 0.2) is 0 Å². The molecule has 10 nitrogen and oxygen atoms in total. The minimum atomic E-state index is -0.431. The van der Waals surface area contributed by atoms with Crippen molar-refractivity contribution in [3.05, 3.63) is 128 Å². The van der Waals surface area contributed by atoms with Crippen molar-refractivity contribution < 1.29 is 9.85 Å². The minimum Gasteiger partial charge on any atom is -0.349 e. The Morgan fingerprint density at radius 2 is 1.13 bits per heavy atom. The minimum absolute atomic E-state index is 0.133. The van der Waals surface area contributed by atoms with Gasteiger partial charge in [0.25, 0.3) is 0 Å². The lowest BCUT2D eigenvalue weighted by Gasteiger charge is -2.07. The predicted octanol–water partition coefficient (Wildman–Crippen LogP) is 8.98. The van der Waals surface area contributed by atoms with Crippen LogP contribution in [-0.4, -0.2) is 29.8 Å². The topological polar surface area (TPSA) is 144 Å². The van der Waals surface area contributed by atoms with E-state index < -0.39 is 9.85 Å². The van der Waals surface area contributed by atoms with Crippen molar-refractivity contribution >= 4 is 56.7 Å². The molecule has 7 rings (SSSR count). The average molecular weight is 595 g/mol. The van der Waals surface area contributed by atoms with Crippen molar-refractivity contribution in [1.82, 2.24) is 19.9 Å². The van der Waals surface area contributed by atoms with Crippen molar-refractivity contribution in [2.75, 3.05) is 0 Å². The van der Waals surface area contributed by atoms with Gasteiger partial charge in [0, 0.05) is 22.2 Å². The van der Waals surface area contributed by atoms with Gasteiger partial charge in [-0.2, -0.15) is 0 Å². The third-order valence-electron chi connectivity index (χ3n) is 8.18. The molecule has 3 aromatic heterocycles. The van der Waals surface area contributed by atoms with Crippen LogP contribution in [0, 0.1) is 20.2 Å². The first-order valence-corrected chi connectivity index (χ1v) is 14.4. The fraction of sp³-hybridized carbons (Fsp3) is 0.0857. The van der Waals surface area contributed by atoms with Gasteiger partial charge in [0.1, 0.15) is 22.4 Å². The standard InChI is InChI=1S/C35H26N6O4/c1-3-23-20(2)32-31(22-12-8-5-9-13-22)26-16-18-28(38-26)34(40(42)43)27-17-14-24(36-27)30(21-10-6-4-7-11-21)25-15-19-29(37-25)35(41(44)45)33(23)39-32/h4-19,36-37H,3H2,1-2H3. The Morgan fingerprint density at radius 1 is 0.622 bits per heavy atom. The van der Waals surface area contributed by atoms with Gasteiger partial charge < -0.3 is 9.97 Å². The molecule has 5 aromatic rings. The van der Waals surface area contributed by atoms with Crippen LogP contribution in [0.3, 0.4) is 0 Å². The molecular weight excluding hydrogens is 568 g/mol. The van der Waals surface area contributed by atoms with Crippen molar-refractivity contribution in [3.63, 3.8) is 0 Å². The van der Waals surface area contributed by atoms with Gasteiger partial charge in [-0.3, -0.25) is 20.2 Å². The average Bonchev–Trinajstić information content (AvgIpc) is 3.85. The summed E-state index contributed by atoms with van der Waals surface area (Å²) >= 11 is 0. The van der Waals surface area contributed by atoms with Crippen LogP contribution < -0.4 is 0 Å². The molecule has 2 aliphatic rings. The van der Waals surface area contributed by atoms with E-state index in [2.05, 4.69) is 9.97 Å². The Balaban J connectivity index is 1.75. The molecule has 0 fully saturated rings. The van der Waals surface area contributed by atoms with Crippen LogP contribution >= 0.6 is 0 Å². The van der Waals surface area contributed by atoms with Crippen molar-refractivity contribution in [1.29, 1.82) is 0 Å². The highest BCUT2D eigenvalue weighted by atomic mass is 16.6. The third-order valence-corrected chi connectivity index (χ3v) is 8.18. The summed E-state index contributed by atoms with van der Waals surface area (Å²) in [5, 5.41) is 25.4. The van der Waals surface area contributed by atoms with E-state index in [0.29, 0.717) is 45.5 Å². The van der Waals surface area contributed by atoms with E-state index in [0.717, 1.165) is 22.3 Å². The van der Waals surface area contributed by atoms with Crippen LogP contribution in [0.25, 0.3) is 67.6 Å². The number of fused-ring (bicyclic) bond motifs is 8. The van der Waals surface area contributed by atoms with Gasteiger partial charge in [0.2, 0.25) is 0 Å². The molecule has 220 valence electrons. The van der Waals surface area contributed by atoms with Gasteiger partial charge in [-0.25, -0.2) is 9.97 Å². The number of benzene rings is 2. The summed E-state index contributed by atoms with van der Waals surface area (Å²) in [7, 11) is 0. The number of allylic oxidation sites excluding steroid dienone is 2. The number of aromatic amines is 2. The number of hydrogen-bond donors (Lipinski definition) is 2. The summed E-state index contributed by atoms with van der Waals surface area (Å²) in [6.45, 7) is 3.85. The summed E-state index contributed by atoms with van der Waals surface area (Å²) < 4.78 is 0. The Kier molecular flexibility index (Phi) is 6.66. The molecule has 8 bridgehead atoms. The Hall–Kier alpha value is -6.16. The molecule has 0 unspecified atom stereocenters. The van der Waals surface area contributed by atoms with Crippen molar-refractivity contribution in [2.24, 2.45) is 0 Å². The zero-order valence-corrected chi connectivity index (χ0v) is 24.4. The molecule has 0 amide bonds. The molecule has 10 heteroatoms. The molecule has 0 spiro atoms. The van der Waals surface area contributed by atoms with Crippen molar-refractivity contribution in [3.8, 4) is 22.3 Å². The van der Waals surface area contributed by atoms with E-state index in [1.165, 1.54) is 0 Å². The molecule has 0 radical (unpaired) electrons. The molecular formula is C35H26N6O4. The maximum Gasteiger partial charge on any atom is 0.318 e. The van der Waals surface area contributed by atoms with Crippen LogP contribution in [-0.2, 0) is 0 Å². The molecule has 0 saturated carbocycles. The number of hydrogen-bond acceptors (Lipinski definition) is 6. The predicted molar refractivity (Wildman–Crippen MR) is 177 cm³/mol. The molecule has 0 aliphatic carbocycles. The van der Waals surface area contributed by atoms with E-state index in [1.54, 1.807) is 36.4 Å². The summed E-state index contributed by atoms with van der Waals surface area (Å²) in [5.74, 6) is 0. The SMILES string of the molecule is CCC1=C(C)c2nc1c([N+](=O)[O-])c1ccc([nH]1)c(-c1ccccc1)c1ccc([nH]1)c([N+](=O)[O-])c1nc(c2-c2ccccc2)C=C1. The lowest BCUT2D eigenvalue weighted by Crippen LogP contribution is -1.95. The zero-order chi connectivity index (χ0) is 31.2. The van der Waals surface area contributed by atoms with Gasteiger partial charge in [0.05, 0.1) is 21.2 Å². The van der Waals surface area contributed by atoms with Crippen LogP contribution in [0.2, 0.25) is 0 Å². The van der Waals surface area contributed by atoms with Crippen LogP contribution in [0.15, 0.2) is 84.9 Å². The first-order valence-electron chi connectivity index (χ1n) is 14.4. The second-order valence-electron chi connectivity index (χ2n) is 10.7. The quantitative estimate of drug-likeness (QED) is 0.151. The van der Waals surface area contributed by atoms with E-state index in [1.807, 2.05) is 74.5 Å². The molecule has 45 heavy (non-hydrogen) atoms. The molecule has 5 heterocycles. The van der Waals surface area contributed by atoms with Gasteiger partial charge in [-0.1, -0.05) is 67.6 Å². The summed E-state index contributed by atoms with van der Waals surface area (Å²) in [4.78, 5) is 40.8. The number of nitrogens with one attached hydrogen (secondary N) is 2. The third kappa shape index (κ3) is 4.60. The van der Waals surface area contributed by atoms with Gasteiger partial charge in [-0.15, -0.1) is 0 Å². The smallest absolute Gasteiger partial charge is 0.318 e.